The van der Waals surface area contributed by atoms with E-state index in [0.29, 0.717) is 12.6 Å². The highest BCUT2D eigenvalue weighted by Gasteiger charge is 2.19. The molecular weight excluding hydrogens is 333 g/mol. The van der Waals surface area contributed by atoms with Gasteiger partial charge < -0.3 is 10.1 Å². The van der Waals surface area contributed by atoms with Crippen LogP contribution in [-0.4, -0.2) is 6.04 Å². The van der Waals surface area contributed by atoms with Gasteiger partial charge in [-0.15, -0.1) is 0 Å². The SMILES string of the molecule is Fc1ccc(COc2cccc(CNC3CC3)c2)c(Br)c1. The first-order valence-corrected chi connectivity index (χ1v) is 7.89. The molecule has 0 atom stereocenters. The van der Waals surface area contributed by atoms with Gasteiger partial charge >= 0.3 is 0 Å². The van der Waals surface area contributed by atoms with Gasteiger partial charge in [0.2, 0.25) is 0 Å². The van der Waals surface area contributed by atoms with Crippen molar-refractivity contribution in [1.82, 2.24) is 5.32 Å². The third kappa shape index (κ3) is 4.29. The summed E-state index contributed by atoms with van der Waals surface area (Å²) in [5.74, 6) is 0.583. The van der Waals surface area contributed by atoms with Crippen molar-refractivity contribution in [1.29, 1.82) is 0 Å². The Morgan fingerprint density at radius 3 is 2.81 bits per heavy atom. The molecule has 2 aromatic carbocycles. The van der Waals surface area contributed by atoms with Crippen molar-refractivity contribution in [3.05, 3.63) is 63.9 Å². The maximum Gasteiger partial charge on any atom is 0.124 e. The second-order valence-corrected chi connectivity index (χ2v) is 6.18. The maximum atomic E-state index is 13.0. The van der Waals surface area contributed by atoms with Crippen LogP contribution in [0.2, 0.25) is 0 Å². The molecule has 1 saturated carbocycles. The van der Waals surface area contributed by atoms with Crippen LogP contribution in [0.4, 0.5) is 4.39 Å². The number of hydrogen-bond acceptors (Lipinski definition) is 2. The van der Waals surface area contributed by atoms with Crippen LogP contribution in [0.3, 0.4) is 0 Å². The van der Waals surface area contributed by atoms with Crippen LogP contribution in [-0.2, 0) is 13.2 Å². The van der Waals surface area contributed by atoms with Gasteiger partial charge in [0.05, 0.1) is 0 Å². The number of hydrogen-bond donors (Lipinski definition) is 1. The molecule has 0 spiro atoms. The van der Waals surface area contributed by atoms with Gasteiger partial charge in [0, 0.05) is 22.6 Å². The Hall–Kier alpha value is -1.39. The molecule has 3 rings (SSSR count). The highest BCUT2D eigenvalue weighted by atomic mass is 79.9. The maximum absolute atomic E-state index is 13.0. The third-order valence-electron chi connectivity index (χ3n) is 3.48. The standard InChI is InChI=1S/C17H17BrFNO/c18-17-9-14(19)5-4-13(17)11-21-16-3-1-2-12(8-16)10-20-15-6-7-15/h1-5,8-9,15,20H,6-7,10-11H2. The van der Waals surface area contributed by atoms with Crippen molar-refractivity contribution in [2.75, 3.05) is 0 Å². The van der Waals surface area contributed by atoms with Gasteiger partial charge in [0.25, 0.3) is 0 Å². The third-order valence-corrected chi connectivity index (χ3v) is 4.22. The molecule has 0 aliphatic heterocycles. The lowest BCUT2D eigenvalue weighted by atomic mass is 10.2. The lowest BCUT2D eigenvalue weighted by Crippen LogP contribution is -2.15. The summed E-state index contributed by atoms with van der Waals surface area (Å²) in [6.45, 7) is 1.29. The molecule has 0 radical (unpaired) electrons. The molecule has 0 amide bonds. The predicted molar refractivity (Wildman–Crippen MR) is 84.7 cm³/mol. The van der Waals surface area contributed by atoms with Crippen molar-refractivity contribution in [2.24, 2.45) is 0 Å². The minimum absolute atomic E-state index is 0.251. The van der Waals surface area contributed by atoms with Gasteiger partial charge in [-0.25, -0.2) is 4.39 Å². The van der Waals surface area contributed by atoms with Crippen LogP contribution in [0.25, 0.3) is 0 Å². The fourth-order valence-electron chi connectivity index (χ4n) is 2.09. The largest absolute Gasteiger partial charge is 0.489 e. The quantitative estimate of drug-likeness (QED) is 0.833. The van der Waals surface area contributed by atoms with Gasteiger partial charge in [0.1, 0.15) is 18.2 Å². The Morgan fingerprint density at radius 1 is 1.19 bits per heavy atom. The topological polar surface area (TPSA) is 21.3 Å². The Morgan fingerprint density at radius 2 is 2.05 bits per heavy atom. The van der Waals surface area contributed by atoms with E-state index in [0.717, 1.165) is 22.3 Å². The zero-order valence-corrected chi connectivity index (χ0v) is 13.2. The average Bonchev–Trinajstić information content (AvgIpc) is 3.29. The minimum Gasteiger partial charge on any atom is -0.489 e. The van der Waals surface area contributed by atoms with E-state index in [9.17, 15) is 4.39 Å². The van der Waals surface area contributed by atoms with E-state index in [1.807, 2.05) is 18.2 Å². The number of rotatable bonds is 6. The van der Waals surface area contributed by atoms with Crippen molar-refractivity contribution in [3.8, 4) is 5.75 Å². The summed E-state index contributed by atoms with van der Waals surface area (Å²) >= 11 is 3.35. The number of halogens is 2. The van der Waals surface area contributed by atoms with Gasteiger partial charge in [0.15, 0.2) is 0 Å². The van der Waals surface area contributed by atoms with Crippen molar-refractivity contribution in [3.63, 3.8) is 0 Å². The second-order valence-electron chi connectivity index (χ2n) is 5.33. The molecule has 1 aliphatic rings. The predicted octanol–water partition coefficient (Wildman–Crippen LogP) is 4.42. The van der Waals surface area contributed by atoms with E-state index in [1.165, 1.54) is 30.5 Å². The molecule has 110 valence electrons. The van der Waals surface area contributed by atoms with Gasteiger partial charge in [-0.2, -0.15) is 0 Å². The zero-order chi connectivity index (χ0) is 14.7. The van der Waals surface area contributed by atoms with E-state index in [1.54, 1.807) is 6.07 Å². The van der Waals surface area contributed by atoms with Crippen LogP contribution >= 0.6 is 15.9 Å². The summed E-state index contributed by atoms with van der Waals surface area (Å²) in [4.78, 5) is 0. The van der Waals surface area contributed by atoms with Gasteiger partial charge in [-0.05, 0) is 42.7 Å². The number of nitrogens with one attached hydrogen (secondary N) is 1. The van der Waals surface area contributed by atoms with Crippen LogP contribution in [0.15, 0.2) is 46.9 Å². The van der Waals surface area contributed by atoms with Crippen molar-refractivity contribution < 1.29 is 9.13 Å². The number of benzene rings is 2. The molecule has 0 heterocycles. The van der Waals surface area contributed by atoms with E-state index < -0.39 is 0 Å². The molecule has 0 bridgehead atoms. The lowest BCUT2D eigenvalue weighted by molar-refractivity contribution is 0.305. The highest BCUT2D eigenvalue weighted by Crippen LogP contribution is 2.22. The summed E-state index contributed by atoms with van der Waals surface area (Å²) < 4.78 is 19.6. The summed E-state index contributed by atoms with van der Waals surface area (Å²) in [5.41, 5.74) is 2.15. The zero-order valence-electron chi connectivity index (χ0n) is 11.6. The van der Waals surface area contributed by atoms with Crippen LogP contribution in [0.5, 0.6) is 5.75 Å². The molecule has 21 heavy (non-hydrogen) atoms. The fraction of sp³-hybridized carbons (Fsp3) is 0.294. The highest BCUT2D eigenvalue weighted by molar-refractivity contribution is 9.10. The van der Waals surface area contributed by atoms with Crippen LogP contribution in [0.1, 0.15) is 24.0 Å². The molecule has 1 N–H and O–H groups in total. The van der Waals surface area contributed by atoms with Crippen molar-refractivity contribution >= 4 is 15.9 Å². The first-order valence-electron chi connectivity index (χ1n) is 7.10. The molecule has 1 aliphatic carbocycles. The molecule has 0 saturated heterocycles. The summed E-state index contributed by atoms with van der Waals surface area (Å²) in [5, 5.41) is 3.48. The molecule has 1 fully saturated rings. The van der Waals surface area contributed by atoms with E-state index in [2.05, 4.69) is 27.3 Å². The van der Waals surface area contributed by atoms with Crippen LogP contribution < -0.4 is 10.1 Å². The molecule has 4 heteroatoms. The molecular formula is C17H17BrFNO. The van der Waals surface area contributed by atoms with Crippen LogP contribution in [0, 0.1) is 5.82 Å². The minimum atomic E-state index is -0.251. The lowest BCUT2D eigenvalue weighted by Gasteiger charge is -2.10. The molecule has 0 aromatic heterocycles. The Labute approximate surface area is 132 Å². The Balaban J connectivity index is 1.60. The molecule has 2 nitrogen and oxygen atoms in total. The Bertz CT molecular complexity index is 628. The fourth-order valence-corrected chi connectivity index (χ4v) is 2.56. The second kappa shape index (κ2) is 6.58. The first-order chi connectivity index (χ1) is 10.2. The van der Waals surface area contributed by atoms with E-state index in [-0.39, 0.29) is 5.82 Å². The van der Waals surface area contributed by atoms with E-state index >= 15 is 0 Å². The van der Waals surface area contributed by atoms with Gasteiger partial charge in [-0.1, -0.05) is 34.1 Å². The molecule has 0 unspecified atom stereocenters. The molecule has 2 aromatic rings. The average molecular weight is 350 g/mol. The summed E-state index contributed by atoms with van der Waals surface area (Å²) in [6, 6.07) is 13.4. The Kier molecular flexibility index (Phi) is 4.56. The van der Waals surface area contributed by atoms with Crippen molar-refractivity contribution in [2.45, 2.75) is 32.0 Å². The first kappa shape index (κ1) is 14.5. The summed E-state index contributed by atoms with van der Waals surface area (Å²) in [6.07, 6.45) is 2.57. The summed E-state index contributed by atoms with van der Waals surface area (Å²) in [7, 11) is 0. The number of ether oxygens (including phenoxy) is 1. The smallest absolute Gasteiger partial charge is 0.124 e. The normalized spacial score (nSPS) is 14.2. The van der Waals surface area contributed by atoms with Gasteiger partial charge in [-0.3, -0.25) is 0 Å². The monoisotopic (exact) mass is 349 g/mol. The van der Waals surface area contributed by atoms with E-state index in [4.69, 9.17) is 4.74 Å².